The quantitative estimate of drug-likeness (QED) is 0.441. The predicted octanol–water partition coefficient (Wildman–Crippen LogP) is -1.65. The van der Waals surface area contributed by atoms with Gasteiger partial charge >= 0.3 is 0 Å². The fourth-order valence-electron chi connectivity index (χ4n) is 1.77. The molecule has 18 heavy (non-hydrogen) atoms. The summed E-state index contributed by atoms with van der Waals surface area (Å²) < 4.78 is 32.6. The van der Waals surface area contributed by atoms with Gasteiger partial charge in [-0.2, -0.15) is 13.1 Å². The lowest BCUT2D eigenvalue weighted by atomic mass is 10.3. The van der Waals surface area contributed by atoms with Crippen LogP contribution in [0.25, 0.3) is 0 Å². The summed E-state index contributed by atoms with van der Waals surface area (Å²) in [4.78, 5) is 2.34. The highest BCUT2D eigenvalue weighted by Crippen LogP contribution is 1.93. The highest BCUT2D eigenvalue weighted by molar-refractivity contribution is 7.87. The third-order valence-corrected chi connectivity index (χ3v) is 3.92. The van der Waals surface area contributed by atoms with E-state index in [-0.39, 0.29) is 0 Å². The maximum Gasteiger partial charge on any atom is 0.276 e. The molecule has 0 spiro atoms. The molecule has 3 N–H and O–H groups in total. The SMILES string of the molecule is COCCNS(=O)(=O)NCCCN1CCNCC1. The van der Waals surface area contributed by atoms with Crippen molar-refractivity contribution in [2.75, 3.05) is 59.5 Å². The highest BCUT2D eigenvalue weighted by atomic mass is 32.2. The van der Waals surface area contributed by atoms with Crippen LogP contribution in [0.3, 0.4) is 0 Å². The van der Waals surface area contributed by atoms with E-state index in [4.69, 9.17) is 4.74 Å². The monoisotopic (exact) mass is 280 g/mol. The van der Waals surface area contributed by atoms with Crippen molar-refractivity contribution >= 4 is 10.2 Å². The first kappa shape index (κ1) is 15.8. The second kappa shape index (κ2) is 8.78. The van der Waals surface area contributed by atoms with E-state index in [2.05, 4.69) is 19.7 Å². The average Bonchev–Trinajstić information content (AvgIpc) is 2.36. The molecule has 0 aliphatic carbocycles. The average molecular weight is 280 g/mol. The lowest BCUT2D eigenvalue weighted by Crippen LogP contribution is -2.44. The minimum atomic E-state index is -3.37. The maximum absolute atomic E-state index is 11.5. The molecular weight excluding hydrogens is 256 g/mol. The van der Waals surface area contributed by atoms with Gasteiger partial charge in [-0.05, 0) is 13.0 Å². The Morgan fingerprint density at radius 3 is 2.56 bits per heavy atom. The van der Waals surface area contributed by atoms with E-state index in [1.165, 1.54) is 7.11 Å². The van der Waals surface area contributed by atoms with E-state index in [1.54, 1.807) is 0 Å². The zero-order valence-corrected chi connectivity index (χ0v) is 11.8. The Balaban J connectivity index is 2.05. The second-order valence-electron chi connectivity index (χ2n) is 4.23. The first-order valence-electron chi connectivity index (χ1n) is 6.30. The fourth-order valence-corrected chi connectivity index (χ4v) is 2.64. The van der Waals surface area contributed by atoms with Crippen molar-refractivity contribution in [3.8, 4) is 0 Å². The van der Waals surface area contributed by atoms with E-state index in [9.17, 15) is 8.42 Å². The van der Waals surface area contributed by atoms with Gasteiger partial charge in [-0.3, -0.25) is 0 Å². The van der Waals surface area contributed by atoms with E-state index < -0.39 is 10.2 Å². The predicted molar refractivity (Wildman–Crippen MR) is 70.7 cm³/mol. The van der Waals surface area contributed by atoms with Crippen LogP contribution in [0, 0.1) is 0 Å². The Morgan fingerprint density at radius 1 is 1.22 bits per heavy atom. The van der Waals surface area contributed by atoms with Crippen molar-refractivity contribution < 1.29 is 13.2 Å². The normalized spacial score (nSPS) is 18.1. The summed E-state index contributed by atoms with van der Waals surface area (Å²) in [6, 6.07) is 0. The Kier molecular flexibility index (Phi) is 7.71. The minimum Gasteiger partial charge on any atom is -0.383 e. The van der Waals surface area contributed by atoms with Crippen LogP contribution in [-0.4, -0.2) is 72.8 Å². The van der Waals surface area contributed by atoms with Gasteiger partial charge in [0, 0.05) is 46.4 Å². The zero-order valence-electron chi connectivity index (χ0n) is 10.9. The maximum atomic E-state index is 11.5. The molecule has 8 heteroatoms. The number of rotatable bonds is 9. The summed E-state index contributed by atoms with van der Waals surface area (Å²) in [7, 11) is -1.83. The molecule has 0 saturated carbocycles. The van der Waals surface area contributed by atoms with Crippen LogP contribution in [0.15, 0.2) is 0 Å². The van der Waals surface area contributed by atoms with Crippen molar-refractivity contribution in [3.05, 3.63) is 0 Å². The molecule has 0 aromatic carbocycles. The third-order valence-electron chi connectivity index (χ3n) is 2.75. The molecule has 0 atom stereocenters. The number of hydrogen-bond donors (Lipinski definition) is 3. The van der Waals surface area contributed by atoms with Crippen LogP contribution in [-0.2, 0) is 14.9 Å². The van der Waals surface area contributed by atoms with Crippen molar-refractivity contribution in [1.29, 1.82) is 0 Å². The zero-order chi connectivity index (χ0) is 13.3. The molecule has 0 bridgehead atoms. The van der Waals surface area contributed by atoms with Gasteiger partial charge in [-0.1, -0.05) is 0 Å². The molecule has 1 fully saturated rings. The van der Waals surface area contributed by atoms with E-state index in [0.29, 0.717) is 19.7 Å². The van der Waals surface area contributed by atoms with Gasteiger partial charge < -0.3 is 15.0 Å². The number of piperazine rings is 1. The number of hydrogen-bond acceptors (Lipinski definition) is 5. The van der Waals surface area contributed by atoms with Crippen molar-refractivity contribution in [2.24, 2.45) is 0 Å². The fraction of sp³-hybridized carbons (Fsp3) is 1.00. The van der Waals surface area contributed by atoms with Crippen molar-refractivity contribution in [3.63, 3.8) is 0 Å². The van der Waals surface area contributed by atoms with Gasteiger partial charge in [0.2, 0.25) is 0 Å². The van der Waals surface area contributed by atoms with Crippen LogP contribution in [0.2, 0.25) is 0 Å². The van der Waals surface area contributed by atoms with Crippen LogP contribution in [0.4, 0.5) is 0 Å². The highest BCUT2D eigenvalue weighted by Gasteiger charge is 2.10. The molecule has 1 heterocycles. The van der Waals surface area contributed by atoms with Crippen molar-refractivity contribution in [2.45, 2.75) is 6.42 Å². The summed E-state index contributed by atoms with van der Waals surface area (Å²) in [5.41, 5.74) is 0. The molecule has 1 aliphatic rings. The Bertz CT molecular complexity index is 304. The van der Waals surface area contributed by atoms with Crippen LogP contribution in [0.1, 0.15) is 6.42 Å². The Hall–Kier alpha value is -0.250. The minimum absolute atomic E-state index is 0.295. The summed E-state index contributed by atoms with van der Waals surface area (Å²) in [5.74, 6) is 0. The standard InChI is InChI=1S/C10H24N4O3S/c1-17-10-6-13-18(15,16)12-3-2-7-14-8-4-11-5-9-14/h11-13H,2-10H2,1H3. The molecule has 7 nitrogen and oxygen atoms in total. The van der Waals surface area contributed by atoms with Gasteiger partial charge in [0.1, 0.15) is 0 Å². The molecule has 108 valence electrons. The lowest BCUT2D eigenvalue weighted by Gasteiger charge is -2.27. The third kappa shape index (κ3) is 7.24. The summed E-state index contributed by atoms with van der Waals surface area (Å²) in [6.45, 7) is 6.19. The molecule has 0 aromatic rings. The van der Waals surface area contributed by atoms with Crippen LogP contribution < -0.4 is 14.8 Å². The van der Waals surface area contributed by atoms with Gasteiger partial charge in [0.25, 0.3) is 10.2 Å². The van der Waals surface area contributed by atoms with Gasteiger partial charge in [-0.25, -0.2) is 4.72 Å². The molecule has 0 radical (unpaired) electrons. The smallest absolute Gasteiger partial charge is 0.276 e. The Labute approximate surface area is 109 Å². The molecule has 1 saturated heterocycles. The topological polar surface area (TPSA) is 82.7 Å². The van der Waals surface area contributed by atoms with Crippen molar-refractivity contribution in [1.82, 2.24) is 19.7 Å². The molecule has 1 aliphatic heterocycles. The van der Waals surface area contributed by atoms with Crippen LogP contribution >= 0.6 is 0 Å². The van der Waals surface area contributed by atoms with Gasteiger partial charge in [0.05, 0.1) is 6.61 Å². The first-order chi connectivity index (χ1) is 8.64. The van der Waals surface area contributed by atoms with Gasteiger partial charge in [0.15, 0.2) is 0 Å². The number of nitrogens with zero attached hydrogens (tertiary/aromatic N) is 1. The molecule has 0 aromatic heterocycles. The summed E-state index contributed by atoms with van der Waals surface area (Å²) in [6.07, 6.45) is 0.825. The number of ether oxygens (including phenoxy) is 1. The first-order valence-corrected chi connectivity index (χ1v) is 7.78. The van der Waals surface area contributed by atoms with Crippen LogP contribution in [0.5, 0.6) is 0 Å². The molecule has 0 amide bonds. The lowest BCUT2D eigenvalue weighted by molar-refractivity contribution is 0.204. The Morgan fingerprint density at radius 2 is 1.89 bits per heavy atom. The summed E-state index contributed by atoms with van der Waals surface area (Å²) in [5, 5.41) is 3.28. The van der Waals surface area contributed by atoms with E-state index in [1.807, 2.05) is 0 Å². The van der Waals surface area contributed by atoms with E-state index >= 15 is 0 Å². The molecule has 0 unspecified atom stereocenters. The molecule has 1 rings (SSSR count). The second-order valence-corrected chi connectivity index (χ2v) is 5.81. The summed E-state index contributed by atoms with van der Waals surface area (Å²) >= 11 is 0. The van der Waals surface area contributed by atoms with Gasteiger partial charge in [-0.15, -0.1) is 0 Å². The number of nitrogens with one attached hydrogen (secondary N) is 3. The van der Waals surface area contributed by atoms with E-state index in [0.717, 1.165) is 39.1 Å². The number of methoxy groups -OCH3 is 1. The molecular formula is C10H24N4O3S. The largest absolute Gasteiger partial charge is 0.383 e.